The Morgan fingerprint density at radius 3 is 3.11 bits per heavy atom. The SMILES string of the molecule is CNCC1CCCN1CC(=O)Nc1cccc(F)c1. The smallest absolute Gasteiger partial charge is 0.238 e. The van der Waals surface area contributed by atoms with Gasteiger partial charge in [0.1, 0.15) is 5.82 Å². The predicted octanol–water partition coefficient (Wildman–Crippen LogP) is 1.45. The normalized spacial score (nSPS) is 19.6. The molecule has 4 nitrogen and oxygen atoms in total. The van der Waals surface area contributed by atoms with Crippen molar-refractivity contribution in [1.29, 1.82) is 0 Å². The maximum absolute atomic E-state index is 13.0. The Hall–Kier alpha value is -1.46. The molecule has 1 heterocycles. The molecule has 1 amide bonds. The minimum Gasteiger partial charge on any atom is -0.325 e. The second kappa shape index (κ2) is 6.63. The summed E-state index contributed by atoms with van der Waals surface area (Å²) >= 11 is 0. The van der Waals surface area contributed by atoms with Crippen LogP contribution in [0.3, 0.4) is 0 Å². The highest BCUT2D eigenvalue weighted by Gasteiger charge is 2.25. The number of benzene rings is 1. The number of anilines is 1. The van der Waals surface area contributed by atoms with Crippen LogP contribution in [-0.2, 0) is 4.79 Å². The summed E-state index contributed by atoms with van der Waals surface area (Å²) in [7, 11) is 1.92. The number of likely N-dealkylation sites (tertiary alicyclic amines) is 1. The molecule has 0 spiro atoms. The molecule has 2 N–H and O–H groups in total. The molecule has 2 rings (SSSR count). The van der Waals surface area contributed by atoms with Gasteiger partial charge < -0.3 is 10.6 Å². The molecule has 1 aromatic rings. The minimum absolute atomic E-state index is 0.0893. The van der Waals surface area contributed by atoms with Gasteiger partial charge in [-0.25, -0.2) is 4.39 Å². The highest BCUT2D eigenvalue weighted by Crippen LogP contribution is 2.16. The van der Waals surface area contributed by atoms with Gasteiger partial charge in [0, 0.05) is 18.3 Å². The van der Waals surface area contributed by atoms with Crippen molar-refractivity contribution in [3.63, 3.8) is 0 Å². The van der Waals surface area contributed by atoms with Gasteiger partial charge in [-0.1, -0.05) is 6.07 Å². The van der Waals surface area contributed by atoms with Gasteiger partial charge in [-0.15, -0.1) is 0 Å². The van der Waals surface area contributed by atoms with Crippen LogP contribution in [0.15, 0.2) is 24.3 Å². The number of nitrogens with one attached hydrogen (secondary N) is 2. The Morgan fingerprint density at radius 2 is 2.37 bits per heavy atom. The molecule has 104 valence electrons. The number of rotatable bonds is 5. The number of halogens is 1. The van der Waals surface area contributed by atoms with Crippen LogP contribution < -0.4 is 10.6 Å². The van der Waals surface area contributed by atoms with E-state index in [4.69, 9.17) is 0 Å². The standard InChI is InChI=1S/C14H20FN3O/c1-16-9-13-6-3-7-18(13)10-14(19)17-12-5-2-4-11(15)8-12/h2,4-5,8,13,16H,3,6-7,9-10H2,1H3,(H,17,19). The largest absolute Gasteiger partial charge is 0.325 e. The highest BCUT2D eigenvalue weighted by molar-refractivity contribution is 5.92. The van der Waals surface area contributed by atoms with E-state index in [1.807, 2.05) is 7.05 Å². The van der Waals surface area contributed by atoms with Crippen molar-refractivity contribution in [3.05, 3.63) is 30.1 Å². The molecule has 0 bridgehead atoms. The van der Waals surface area contributed by atoms with Gasteiger partial charge in [0.15, 0.2) is 0 Å². The van der Waals surface area contributed by atoms with Crippen LogP contribution in [0, 0.1) is 5.82 Å². The van der Waals surface area contributed by atoms with Crippen molar-refractivity contribution < 1.29 is 9.18 Å². The Kier molecular flexibility index (Phi) is 4.87. The predicted molar refractivity (Wildman–Crippen MR) is 73.6 cm³/mol. The zero-order chi connectivity index (χ0) is 13.7. The third-order valence-electron chi connectivity index (χ3n) is 3.39. The molecule has 1 aromatic carbocycles. The molecular formula is C14H20FN3O. The zero-order valence-electron chi connectivity index (χ0n) is 11.2. The maximum atomic E-state index is 13.0. The second-order valence-electron chi connectivity index (χ2n) is 4.88. The van der Waals surface area contributed by atoms with Crippen LogP contribution in [0.25, 0.3) is 0 Å². The monoisotopic (exact) mass is 265 g/mol. The molecular weight excluding hydrogens is 245 g/mol. The van der Waals surface area contributed by atoms with Crippen LogP contribution in [0.2, 0.25) is 0 Å². The van der Waals surface area contributed by atoms with Gasteiger partial charge >= 0.3 is 0 Å². The van der Waals surface area contributed by atoms with Crippen LogP contribution in [-0.4, -0.2) is 43.5 Å². The number of hydrogen-bond acceptors (Lipinski definition) is 3. The second-order valence-corrected chi connectivity index (χ2v) is 4.88. The summed E-state index contributed by atoms with van der Waals surface area (Å²) in [5.41, 5.74) is 0.509. The van der Waals surface area contributed by atoms with E-state index in [2.05, 4.69) is 15.5 Å². The van der Waals surface area contributed by atoms with Crippen molar-refractivity contribution in [2.24, 2.45) is 0 Å². The average Bonchev–Trinajstić information content (AvgIpc) is 2.77. The van der Waals surface area contributed by atoms with Crippen LogP contribution >= 0.6 is 0 Å². The van der Waals surface area contributed by atoms with Gasteiger partial charge in [0.2, 0.25) is 5.91 Å². The van der Waals surface area contributed by atoms with E-state index in [9.17, 15) is 9.18 Å². The topological polar surface area (TPSA) is 44.4 Å². The lowest BCUT2D eigenvalue weighted by Crippen LogP contribution is -2.41. The first-order chi connectivity index (χ1) is 9.19. The molecule has 1 aliphatic rings. The van der Waals surface area contributed by atoms with Crippen molar-refractivity contribution in [1.82, 2.24) is 10.2 Å². The lowest BCUT2D eigenvalue weighted by molar-refractivity contribution is -0.117. The number of hydrogen-bond donors (Lipinski definition) is 2. The molecule has 1 aliphatic heterocycles. The highest BCUT2D eigenvalue weighted by atomic mass is 19.1. The van der Waals surface area contributed by atoms with Crippen molar-refractivity contribution in [2.75, 3.05) is 32.0 Å². The molecule has 1 saturated heterocycles. The van der Waals surface area contributed by atoms with E-state index >= 15 is 0 Å². The quantitative estimate of drug-likeness (QED) is 0.847. The lowest BCUT2D eigenvalue weighted by Gasteiger charge is -2.23. The summed E-state index contributed by atoms with van der Waals surface area (Å²) in [6.45, 7) is 2.21. The summed E-state index contributed by atoms with van der Waals surface area (Å²) in [5.74, 6) is -0.430. The van der Waals surface area contributed by atoms with Crippen molar-refractivity contribution >= 4 is 11.6 Å². The van der Waals surface area contributed by atoms with Crippen LogP contribution in [0.1, 0.15) is 12.8 Å². The first-order valence-electron chi connectivity index (χ1n) is 6.63. The van der Waals surface area contributed by atoms with Gasteiger partial charge in [-0.05, 0) is 44.6 Å². The van der Waals surface area contributed by atoms with E-state index in [1.54, 1.807) is 12.1 Å². The number of likely N-dealkylation sites (N-methyl/N-ethyl adjacent to an activating group) is 1. The number of carbonyl (C=O) groups excluding carboxylic acids is 1. The summed E-state index contributed by atoms with van der Waals surface area (Å²) in [4.78, 5) is 14.1. The Balaban J connectivity index is 1.87. The van der Waals surface area contributed by atoms with Gasteiger partial charge in [-0.2, -0.15) is 0 Å². The van der Waals surface area contributed by atoms with Crippen LogP contribution in [0.5, 0.6) is 0 Å². The van der Waals surface area contributed by atoms with E-state index in [0.29, 0.717) is 18.3 Å². The third kappa shape index (κ3) is 4.01. The summed E-state index contributed by atoms with van der Waals surface area (Å²) in [5, 5.41) is 5.88. The lowest BCUT2D eigenvalue weighted by atomic mass is 10.2. The fourth-order valence-corrected chi connectivity index (χ4v) is 2.52. The Bertz CT molecular complexity index is 438. The van der Waals surface area contributed by atoms with E-state index in [1.165, 1.54) is 12.1 Å². The summed E-state index contributed by atoms with van der Waals surface area (Å²) < 4.78 is 13.0. The molecule has 0 radical (unpaired) electrons. The molecule has 0 aromatic heterocycles. The van der Waals surface area contributed by atoms with E-state index in [0.717, 1.165) is 25.9 Å². The first-order valence-corrected chi connectivity index (χ1v) is 6.63. The maximum Gasteiger partial charge on any atom is 0.238 e. The van der Waals surface area contributed by atoms with Gasteiger partial charge in [0.25, 0.3) is 0 Å². The van der Waals surface area contributed by atoms with Gasteiger partial charge in [0.05, 0.1) is 6.54 Å². The van der Waals surface area contributed by atoms with Crippen molar-refractivity contribution in [2.45, 2.75) is 18.9 Å². The Morgan fingerprint density at radius 1 is 1.53 bits per heavy atom. The molecule has 1 fully saturated rings. The molecule has 0 aliphatic carbocycles. The van der Waals surface area contributed by atoms with Crippen molar-refractivity contribution in [3.8, 4) is 0 Å². The molecule has 1 atom stereocenters. The fourth-order valence-electron chi connectivity index (χ4n) is 2.52. The molecule has 19 heavy (non-hydrogen) atoms. The number of amides is 1. The zero-order valence-corrected chi connectivity index (χ0v) is 11.2. The molecule has 5 heteroatoms. The molecule has 0 saturated carbocycles. The minimum atomic E-state index is -0.341. The number of carbonyl (C=O) groups is 1. The van der Waals surface area contributed by atoms with E-state index in [-0.39, 0.29) is 11.7 Å². The molecule has 1 unspecified atom stereocenters. The fraction of sp³-hybridized carbons (Fsp3) is 0.500. The van der Waals surface area contributed by atoms with Gasteiger partial charge in [-0.3, -0.25) is 9.69 Å². The average molecular weight is 265 g/mol. The third-order valence-corrected chi connectivity index (χ3v) is 3.39. The summed E-state index contributed by atoms with van der Waals surface area (Å²) in [6, 6.07) is 6.38. The summed E-state index contributed by atoms with van der Waals surface area (Å²) in [6.07, 6.45) is 2.24. The number of nitrogens with zero attached hydrogens (tertiary/aromatic N) is 1. The van der Waals surface area contributed by atoms with E-state index < -0.39 is 0 Å². The van der Waals surface area contributed by atoms with Crippen LogP contribution in [0.4, 0.5) is 10.1 Å². The Labute approximate surface area is 113 Å². The first kappa shape index (κ1) is 14.0.